The maximum Gasteiger partial charge on any atom is 0.323 e. The number of para-hydroxylation sites is 2. The Kier molecular flexibility index (Phi) is 14.1. The molecule has 2 N–H and O–H groups in total. The number of allylic oxidation sites excluding steroid dienone is 1. The first kappa shape index (κ1) is 30.9. The standard InChI is InChI=1S/C32H46FN3O2S/c1-3-4-5-6-7-8-9-10-11-12-13-16-22-38-31-28(33)19-17-21-30(31)35-32(37)34-29-20-15-14-18-27(29)24-36-23-26(2)39-25-36/h14-15,17-21,23H,3-13,16,22,24-25H2,1-2H3,(H2,34,35,37). The lowest BCUT2D eigenvalue weighted by atomic mass is 10.1. The molecular weight excluding hydrogens is 509 g/mol. The highest BCUT2D eigenvalue weighted by molar-refractivity contribution is 8.03. The Bertz CT molecular complexity index is 1050. The van der Waals surface area contributed by atoms with Crippen LogP contribution in [0.4, 0.5) is 20.6 Å². The van der Waals surface area contributed by atoms with Crippen molar-refractivity contribution in [2.75, 3.05) is 23.1 Å². The molecule has 0 saturated carbocycles. The smallest absolute Gasteiger partial charge is 0.323 e. The normalized spacial score (nSPS) is 12.9. The minimum absolute atomic E-state index is 0.0960. The van der Waals surface area contributed by atoms with Gasteiger partial charge in [0.15, 0.2) is 11.6 Å². The van der Waals surface area contributed by atoms with Crippen molar-refractivity contribution in [3.63, 3.8) is 0 Å². The quantitative estimate of drug-likeness (QED) is 0.180. The Hall–Kier alpha value is -2.67. The lowest BCUT2D eigenvalue weighted by Gasteiger charge is -2.18. The van der Waals surface area contributed by atoms with Gasteiger partial charge in [-0.15, -0.1) is 11.8 Å². The molecule has 0 bridgehead atoms. The van der Waals surface area contributed by atoms with Crippen molar-refractivity contribution in [3.8, 4) is 5.75 Å². The molecule has 0 fully saturated rings. The van der Waals surface area contributed by atoms with Crippen LogP contribution in [0.25, 0.3) is 0 Å². The first-order valence-electron chi connectivity index (χ1n) is 14.7. The van der Waals surface area contributed by atoms with Crippen LogP contribution in [0.3, 0.4) is 0 Å². The van der Waals surface area contributed by atoms with E-state index in [9.17, 15) is 9.18 Å². The Morgan fingerprint density at radius 1 is 0.872 bits per heavy atom. The van der Waals surface area contributed by atoms with Crippen LogP contribution < -0.4 is 15.4 Å². The van der Waals surface area contributed by atoms with Crippen molar-refractivity contribution in [1.82, 2.24) is 4.90 Å². The van der Waals surface area contributed by atoms with E-state index in [-0.39, 0.29) is 5.75 Å². The second-order valence-corrected chi connectivity index (χ2v) is 11.5. The number of urea groups is 1. The average molecular weight is 556 g/mol. The van der Waals surface area contributed by atoms with Gasteiger partial charge in [-0.2, -0.15) is 0 Å². The summed E-state index contributed by atoms with van der Waals surface area (Å²) in [7, 11) is 0. The van der Waals surface area contributed by atoms with Gasteiger partial charge in [-0.05, 0) is 42.0 Å². The van der Waals surface area contributed by atoms with Crippen LogP contribution in [0.5, 0.6) is 5.75 Å². The Labute approximate surface area is 239 Å². The van der Waals surface area contributed by atoms with Crippen LogP contribution in [0, 0.1) is 5.82 Å². The number of carbonyl (C=O) groups excluding carboxylic acids is 1. The van der Waals surface area contributed by atoms with Crippen molar-refractivity contribution in [3.05, 3.63) is 65.0 Å². The summed E-state index contributed by atoms with van der Waals surface area (Å²) >= 11 is 1.80. The molecule has 0 aliphatic carbocycles. The molecule has 1 aliphatic heterocycles. The zero-order chi connectivity index (χ0) is 27.7. The second-order valence-electron chi connectivity index (χ2n) is 10.4. The first-order chi connectivity index (χ1) is 19.1. The third-order valence-corrected chi connectivity index (χ3v) is 7.94. The van der Waals surface area contributed by atoms with E-state index in [0.717, 1.165) is 30.0 Å². The number of carbonyl (C=O) groups is 1. The van der Waals surface area contributed by atoms with Crippen LogP contribution in [0.1, 0.15) is 96.5 Å². The van der Waals surface area contributed by atoms with E-state index in [4.69, 9.17) is 4.74 Å². The number of ether oxygens (including phenoxy) is 1. The minimum Gasteiger partial charge on any atom is -0.488 e. The van der Waals surface area contributed by atoms with Gasteiger partial charge in [-0.1, -0.05) is 102 Å². The predicted octanol–water partition coefficient (Wildman–Crippen LogP) is 9.92. The predicted molar refractivity (Wildman–Crippen MR) is 164 cm³/mol. The fourth-order valence-electron chi connectivity index (χ4n) is 4.75. The fourth-order valence-corrected chi connectivity index (χ4v) is 5.51. The molecule has 2 aromatic rings. The molecule has 0 aromatic heterocycles. The number of halogens is 1. The number of thioether (sulfide) groups is 1. The highest BCUT2D eigenvalue weighted by Crippen LogP contribution is 2.30. The van der Waals surface area contributed by atoms with Gasteiger partial charge >= 0.3 is 6.03 Å². The number of unbranched alkanes of at least 4 members (excludes halogenated alkanes) is 11. The van der Waals surface area contributed by atoms with E-state index in [1.165, 1.54) is 75.2 Å². The fraction of sp³-hybridized carbons (Fsp3) is 0.531. The van der Waals surface area contributed by atoms with Gasteiger partial charge in [-0.25, -0.2) is 9.18 Å². The van der Waals surface area contributed by atoms with Crippen LogP contribution >= 0.6 is 11.8 Å². The number of hydrogen-bond acceptors (Lipinski definition) is 4. The molecule has 0 unspecified atom stereocenters. The lowest BCUT2D eigenvalue weighted by molar-refractivity contribution is 0.261. The molecule has 7 heteroatoms. The maximum atomic E-state index is 14.6. The topological polar surface area (TPSA) is 53.6 Å². The van der Waals surface area contributed by atoms with Crippen molar-refractivity contribution in [1.29, 1.82) is 0 Å². The van der Waals surface area contributed by atoms with Gasteiger partial charge in [0.2, 0.25) is 0 Å². The number of amides is 2. The molecule has 1 heterocycles. The summed E-state index contributed by atoms with van der Waals surface area (Å²) in [5.74, 6) is 0.523. The van der Waals surface area contributed by atoms with Crippen molar-refractivity contribution in [2.24, 2.45) is 0 Å². The molecule has 5 nitrogen and oxygen atoms in total. The van der Waals surface area contributed by atoms with Gasteiger partial charge in [0.05, 0.1) is 18.2 Å². The molecule has 2 amide bonds. The van der Waals surface area contributed by atoms with Crippen LogP contribution in [-0.4, -0.2) is 23.4 Å². The molecule has 0 saturated heterocycles. The van der Waals surface area contributed by atoms with E-state index in [0.29, 0.717) is 18.8 Å². The van der Waals surface area contributed by atoms with E-state index >= 15 is 0 Å². The maximum absolute atomic E-state index is 14.6. The summed E-state index contributed by atoms with van der Waals surface area (Å²) in [4.78, 5) is 16.3. The summed E-state index contributed by atoms with van der Waals surface area (Å²) in [6, 6.07) is 11.9. The van der Waals surface area contributed by atoms with Crippen LogP contribution in [0.15, 0.2) is 53.6 Å². The summed E-state index contributed by atoms with van der Waals surface area (Å²) < 4.78 is 20.4. The highest BCUT2D eigenvalue weighted by Gasteiger charge is 2.16. The van der Waals surface area contributed by atoms with Crippen molar-refractivity contribution < 1.29 is 13.9 Å². The molecular formula is C32H46FN3O2S. The van der Waals surface area contributed by atoms with Crippen molar-refractivity contribution >= 4 is 29.2 Å². The molecule has 214 valence electrons. The second kappa shape index (κ2) is 17.8. The number of nitrogens with zero attached hydrogens (tertiary/aromatic N) is 1. The average Bonchev–Trinajstić information content (AvgIpc) is 3.33. The highest BCUT2D eigenvalue weighted by atomic mass is 32.2. The Morgan fingerprint density at radius 2 is 1.49 bits per heavy atom. The third-order valence-electron chi connectivity index (χ3n) is 6.92. The summed E-state index contributed by atoms with van der Waals surface area (Å²) in [5.41, 5.74) is 2.08. The van der Waals surface area contributed by atoms with Gasteiger partial charge in [0.1, 0.15) is 0 Å². The molecule has 2 aromatic carbocycles. The molecule has 39 heavy (non-hydrogen) atoms. The largest absolute Gasteiger partial charge is 0.488 e. The number of hydrogen-bond donors (Lipinski definition) is 2. The van der Waals surface area contributed by atoms with Gasteiger partial charge < -0.3 is 20.3 Å². The third kappa shape index (κ3) is 11.5. The first-order valence-corrected chi connectivity index (χ1v) is 15.7. The molecule has 3 rings (SSSR count). The van der Waals surface area contributed by atoms with Crippen molar-refractivity contribution in [2.45, 2.75) is 97.4 Å². The monoisotopic (exact) mass is 555 g/mol. The van der Waals surface area contributed by atoms with E-state index in [1.54, 1.807) is 23.9 Å². The van der Waals surface area contributed by atoms with E-state index in [2.05, 4.69) is 35.6 Å². The minimum atomic E-state index is -0.471. The lowest BCUT2D eigenvalue weighted by Crippen LogP contribution is -2.22. The van der Waals surface area contributed by atoms with Gasteiger partial charge in [0, 0.05) is 18.4 Å². The molecule has 0 atom stereocenters. The summed E-state index contributed by atoms with van der Waals surface area (Å²) in [6.45, 7) is 5.48. The molecule has 0 radical (unpaired) electrons. The SMILES string of the molecule is CCCCCCCCCCCCCCOc1c(F)cccc1NC(=O)Nc1ccccc1CN1C=C(C)SC1. The molecule has 1 aliphatic rings. The summed E-state index contributed by atoms with van der Waals surface area (Å²) in [6.07, 6.45) is 17.3. The number of rotatable bonds is 18. The summed E-state index contributed by atoms with van der Waals surface area (Å²) in [5, 5.41) is 5.71. The zero-order valence-electron chi connectivity index (χ0n) is 23.8. The zero-order valence-corrected chi connectivity index (χ0v) is 24.6. The number of nitrogens with one attached hydrogen (secondary N) is 2. The van der Waals surface area contributed by atoms with Gasteiger partial charge in [-0.3, -0.25) is 0 Å². The van der Waals surface area contributed by atoms with Crippen LogP contribution in [-0.2, 0) is 6.54 Å². The Balaban J connectivity index is 1.39. The molecule has 0 spiro atoms. The van der Waals surface area contributed by atoms with Crippen LogP contribution in [0.2, 0.25) is 0 Å². The van der Waals surface area contributed by atoms with E-state index in [1.807, 2.05) is 24.3 Å². The van der Waals surface area contributed by atoms with Gasteiger partial charge in [0.25, 0.3) is 0 Å². The van der Waals surface area contributed by atoms with E-state index < -0.39 is 11.8 Å². The Morgan fingerprint density at radius 3 is 2.15 bits per heavy atom. The number of anilines is 2. The number of benzene rings is 2.